The monoisotopic (exact) mass is 276 g/mol. The topological polar surface area (TPSA) is 99.3 Å². The zero-order valence-corrected chi connectivity index (χ0v) is 10.8. The lowest BCUT2D eigenvalue weighted by molar-refractivity contribution is -0.144. The van der Waals surface area contributed by atoms with Gasteiger partial charge in [-0.25, -0.2) is 0 Å². The van der Waals surface area contributed by atoms with Crippen molar-refractivity contribution in [2.24, 2.45) is 17.8 Å². The van der Waals surface area contributed by atoms with E-state index in [2.05, 4.69) is 10.3 Å². The highest BCUT2D eigenvalue weighted by atomic mass is 16.4. The lowest BCUT2D eigenvalue weighted by Crippen LogP contribution is -2.46. The maximum atomic E-state index is 12.1. The summed E-state index contributed by atoms with van der Waals surface area (Å²) in [5.74, 6) is -1.30. The fourth-order valence-electron chi connectivity index (χ4n) is 3.67. The van der Waals surface area contributed by atoms with E-state index in [1.165, 1.54) is 18.3 Å². The summed E-state index contributed by atoms with van der Waals surface area (Å²) in [7, 11) is 0. The predicted molar refractivity (Wildman–Crippen MR) is 70.3 cm³/mol. The van der Waals surface area contributed by atoms with Gasteiger partial charge >= 0.3 is 5.97 Å². The van der Waals surface area contributed by atoms with E-state index >= 15 is 0 Å². The summed E-state index contributed by atoms with van der Waals surface area (Å²) in [6.45, 7) is 0. The Bertz CT molecular complexity index is 609. The van der Waals surface area contributed by atoms with Crippen LogP contribution in [0.15, 0.2) is 23.1 Å². The number of aromatic amines is 1. The molecule has 1 aromatic rings. The summed E-state index contributed by atoms with van der Waals surface area (Å²) < 4.78 is 0. The van der Waals surface area contributed by atoms with Gasteiger partial charge in [-0.05, 0) is 37.2 Å². The van der Waals surface area contributed by atoms with E-state index in [1.54, 1.807) is 0 Å². The van der Waals surface area contributed by atoms with Gasteiger partial charge in [0.05, 0.1) is 5.92 Å². The van der Waals surface area contributed by atoms with Crippen LogP contribution >= 0.6 is 0 Å². The van der Waals surface area contributed by atoms with Gasteiger partial charge in [-0.2, -0.15) is 0 Å². The molecule has 0 spiro atoms. The molecule has 3 rings (SSSR count). The van der Waals surface area contributed by atoms with Crippen LogP contribution in [0.25, 0.3) is 0 Å². The Labute approximate surface area is 115 Å². The number of fused-ring (bicyclic) bond motifs is 2. The Hall–Kier alpha value is -2.11. The second kappa shape index (κ2) is 4.77. The highest BCUT2D eigenvalue weighted by molar-refractivity contribution is 5.94. The van der Waals surface area contributed by atoms with Gasteiger partial charge in [-0.3, -0.25) is 14.4 Å². The molecule has 3 N–H and O–H groups in total. The molecule has 2 saturated carbocycles. The fourth-order valence-corrected chi connectivity index (χ4v) is 3.67. The van der Waals surface area contributed by atoms with Crippen molar-refractivity contribution < 1.29 is 14.7 Å². The molecule has 0 saturated heterocycles. The van der Waals surface area contributed by atoms with Crippen LogP contribution < -0.4 is 10.9 Å². The Kier molecular flexibility index (Phi) is 3.08. The van der Waals surface area contributed by atoms with Gasteiger partial charge in [-0.1, -0.05) is 0 Å². The molecule has 0 aromatic carbocycles. The molecule has 4 unspecified atom stereocenters. The van der Waals surface area contributed by atoms with E-state index in [-0.39, 0.29) is 34.9 Å². The van der Waals surface area contributed by atoms with Crippen molar-refractivity contribution in [1.29, 1.82) is 0 Å². The van der Waals surface area contributed by atoms with E-state index in [0.29, 0.717) is 0 Å². The van der Waals surface area contributed by atoms with Gasteiger partial charge in [0.1, 0.15) is 0 Å². The van der Waals surface area contributed by atoms with Crippen molar-refractivity contribution in [3.05, 3.63) is 34.2 Å². The first-order chi connectivity index (χ1) is 9.56. The third-order valence-electron chi connectivity index (χ3n) is 4.54. The standard InChI is InChI=1S/C14H16N2O4/c17-10-6-9(3-4-15-10)13(18)16-12-8-2-1-7(5-8)11(12)14(19)20/h3-4,6-8,11-12H,1-2,5H2,(H,15,17)(H,16,18)(H,19,20). The maximum absolute atomic E-state index is 12.1. The average molecular weight is 276 g/mol. The second-order valence-corrected chi connectivity index (χ2v) is 5.64. The molecule has 4 atom stereocenters. The zero-order valence-electron chi connectivity index (χ0n) is 10.8. The van der Waals surface area contributed by atoms with Gasteiger partial charge in [0, 0.05) is 23.9 Å². The van der Waals surface area contributed by atoms with Crippen LogP contribution in [0.3, 0.4) is 0 Å². The lowest BCUT2D eigenvalue weighted by atomic mass is 9.84. The van der Waals surface area contributed by atoms with Crippen molar-refractivity contribution >= 4 is 11.9 Å². The summed E-state index contributed by atoms with van der Waals surface area (Å²) in [4.78, 5) is 37.2. The van der Waals surface area contributed by atoms with Crippen molar-refractivity contribution in [3.63, 3.8) is 0 Å². The van der Waals surface area contributed by atoms with Crippen LogP contribution in [-0.2, 0) is 4.79 Å². The number of aromatic nitrogens is 1. The molecule has 6 heteroatoms. The minimum Gasteiger partial charge on any atom is -0.481 e. The normalized spacial score (nSPS) is 31.2. The molecule has 0 radical (unpaired) electrons. The van der Waals surface area contributed by atoms with Gasteiger partial charge in [0.25, 0.3) is 5.91 Å². The van der Waals surface area contributed by atoms with Gasteiger partial charge in [0.2, 0.25) is 5.56 Å². The van der Waals surface area contributed by atoms with Crippen LogP contribution in [0.1, 0.15) is 29.6 Å². The molecule has 1 amide bonds. The van der Waals surface area contributed by atoms with E-state index in [0.717, 1.165) is 19.3 Å². The molecule has 1 heterocycles. The summed E-state index contributed by atoms with van der Waals surface area (Å²) in [5, 5.41) is 12.1. The summed E-state index contributed by atoms with van der Waals surface area (Å²) in [6, 6.07) is 2.41. The third kappa shape index (κ3) is 2.11. The summed E-state index contributed by atoms with van der Waals surface area (Å²) in [5.41, 5.74) is -0.0824. The molecular weight excluding hydrogens is 260 g/mol. The largest absolute Gasteiger partial charge is 0.481 e. The van der Waals surface area contributed by atoms with Crippen LogP contribution in [0.4, 0.5) is 0 Å². The Morgan fingerprint density at radius 2 is 2.05 bits per heavy atom. The van der Waals surface area contributed by atoms with E-state index in [9.17, 15) is 19.5 Å². The highest BCUT2D eigenvalue weighted by Crippen LogP contribution is 2.48. The van der Waals surface area contributed by atoms with E-state index < -0.39 is 11.9 Å². The second-order valence-electron chi connectivity index (χ2n) is 5.64. The fraction of sp³-hybridized carbons (Fsp3) is 0.500. The number of H-pyrrole nitrogens is 1. The number of pyridine rings is 1. The minimum absolute atomic E-state index is 0.168. The molecule has 6 nitrogen and oxygen atoms in total. The number of carboxylic acids is 1. The Balaban J connectivity index is 1.78. The number of amides is 1. The highest BCUT2D eigenvalue weighted by Gasteiger charge is 2.51. The molecule has 2 aliphatic rings. The molecule has 2 bridgehead atoms. The van der Waals surface area contributed by atoms with Crippen molar-refractivity contribution in [1.82, 2.24) is 10.3 Å². The average Bonchev–Trinajstić information content (AvgIpc) is 2.99. The van der Waals surface area contributed by atoms with E-state index in [1.807, 2.05) is 0 Å². The number of carbonyl (C=O) groups is 2. The first-order valence-corrected chi connectivity index (χ1v) is 6.78. The Morgan fingerprint density at radius 3 is 2.75 bits per heavy atom. The first-order valence-electron chi connectivity index (χ1n) is 6.78. The molecule has 0 aliphatic heterocycles. The molecule has 106 valence electrons. The van der Waals surface area contributed by atoms with Gasteiger partial charge in [0.15, 0.2) is 0 Å². The minimum atomic E-state index is -0.839. The third-order valence-corrected chi connectivity index (χ3v) is 4.54. The van der Waals surface area contributed by atoms with Crippen molar-refractivity contribution in [2.75, 3.05) is 0 Å². The number of carbonyl (C=O) groups excluding carboxylic acids is 1. The van der Waals surface area contributed by atoms with Gasteiger partial charge in [-0.15, -0.1) is 0 Å². The maximum Gasteiger partial charge on any atom is 0.308 e. The quantitative estimate of drug-likeness (QED) is 0.753. The smallest absolute Gasteiger partial charge is 0.308 e. The number of hydrogen-bond acceptors (Lipinski definition) is 3. The lowest BCUT2D eigenvalue weighted by Gasteiger charge is -2.28. The van der Waals surface area contributed by atoms with Gasteiger partial charge < -0.3 is 15.4 Å². The molecule has 2 fully saturated rings. The SMILES string of the molecule is O=C(NC1C2CCC(C2)C1C(=O)O)c1cc[nH]c(=O)c1. The number of rotatable bonds is 3. The van der Waals surface area contributed by atoms with Crippen LogP contribution in [0.5, 0.6) is 0 Å². The molecular formula is C14H16N2O4. The predicted octanol–water partition coefficient (Wildman–Crippen LogP) is 0.604. The summed E-state index contributed by atoms with van der Waals surface area (Å²) in [6.07, 6.45) is 4.18. The molecule has 20 heavy (non-hydrogen) atoms. The molecule has 2 aliphatic carbocycles. The number of aliphatic carboxylic acids is 1. The van der Waals surface area contributed by atoms with Crippen molar-refractivity contribution in [2.45, 2.75) is 25.3 Å². The molecule has 1 aromatic heterocycles. The number of hydrogen-bond donors (Lipinski definition) is 3. The van der Waals surface area contributed by atoms with Crippen LogP contribution in [0.2, 0.25) is 0 Å². The van der Waals surface area contributed by atoms with Crippen LogP contribution in [0, 0.1) is 17.8 Å². The number of carboxylic acid groups (broad SMARTS) is 1. The number of nitrogens with one attached hydrogen (secondary N) is 2. The first kappa shape index (κ1) is 12.9. The van der Waals surface area contributed by atoms with E-state index in [4.69, 9.17) is 0 Å². The van der Waals surface area contributed by atoms with Crippen molar-refractivity contribution in [3.8, 4) is 0 Å². The zero-order chi connectivity index (χ0) is 14.3. The van der Waals surface area contributed by atoms with Crippen LogP contribution in [-0.4, -0.2) is 28.0 Å². The Morgan fingerprint density at radius 1 is 1.30 bits per heavy atom. The summed E-state index contributed by atoms with van der Waals surface area (Å²) >= 11 is 0.